The number of furan rings is 1. The van der Waals surface area contributed by atoms with Gasteiger partial charge in [-0.2, -0.15) is 0 Å². The molecule has 1 aromatic carbocycles. The van der Waals surface area contributed by atoms with E-state index >= 15 is 0 Å². The summed E-state index contributed by atoms with van der Waals surface area (Å²) in [5, 5.41) is 19.6. The molecule has 8 heteroatoms. The standard InChI is InChI=1S/C13H10BrNO6/c1-7(9-5-6-11(21-9)13(16)17)20-10-4-2-3-8(12(10)14)15(18)19/h2-7H,1H3,(H,16,17). The van der Waals surface area contributed by atoms with Crippen molar-refractivity contribution in [2.75, 3.05) is 0 Å². The molecule has 21 heavy (non-hydrogen) atoms. The van der Waals surface area contributed by atoms with E-state index < -0.39 is 17.0 Å². The van der Waals surface area contributed by atoms with Gasteiger partial charge in [0.25, 0.3) is 5.69 Å². The van der Waals surface area contributed by atoms with Gasteiger partial charge in [-0.1, -0.05) is 6.07 Å². The van der Waals surface area contributed by atoms with Gasteiger partial charge in [-0.05, 0) is 41.1 Å². The first-order valence-corrected chi connectivity index (χ1v) is 6.62. The number of carbonyl (C=O) groups is 1. The molecule has 1 atom stereocenters. The van der Waals surface area contributed by atoms with Crippen molar-refractivity contribution in [2.45, 2.75) is 13.0 Å². The number of halogens is 1. The van der Waals surface area contributed by atoms with Crippen LogP contribution in [0.3, 0.4) is 0 Å². The summed E-state index contributed by atoms with van der Waals surface area (Å²) in [6, 6.07) is 7.21. The van der Waals surface area contributed by atoms with Crippen LogP contribution in [0.4, 0.5) is 5.69 Å². The largest absolute Gasteiger partial charge is 0.481 e. The van der Waals surface area contributed by atoms with Crippen LogP contribution in [0, 0.1) is 10.1 Å². The summed E-state index contributed by atoms with van der Waals surface area (Å²) >= 11 is 3.12. The summed E-state index contributed by atoms with van der Waals surface area (Å²) in [6.07, 6.45) is -0.601. The number of carboxylic acid groups (broad SMARTS) is 1. The number of rotatable bonds is 5. The molecule has 0 amide bonds. The third-order valence-corrected chi connectivity index (χ3v) is 3.48. The van der Waals surface area contributed by atoms with Gasteiger partial charge < -0.3 is 14.3 Å². The Hall–Kier alpha value is -2.35. The lowest BCUT2D eigenvalue weighted by molar-refractivity contribution is -0.385. The number of ether oxygens (including phenoxy) is 1. The number of nitro benzene ring substituents is 1. The Bertz CT molecular complexity index is 696. The van der Waals surface area contributed by atoms with Crippen LogP contribution in [0.2, 0.25) is 0 Å². The van der Waals surface area contributed by atoms with Crippen molar-refractivity contribution in [3.8, 4) is 5.75 Å². The maximum Gasteiger partial charge on any atom is 0.371 e. The molecule has 1 N–H and O–H groups in total. The molecule has 2 aromatic rings. The Labute approximate surface area is 127 Å². The Morgan fingerprint density at radius 1 is 1.43 bits per heavy atom. The highest BCUT2D eigenvalue weighted by Crippen LogP contribution is 2.36. The summed E-state index contributed by atoms with van der Waals surface area (Å²) in [4.78, 5) is 21.1. The van der Waals surface area contributed by atoms with E-state index in [1.165, 1.54) is 24.3 Å². The van der Waals surface area contributed by atoms with E-state index in [1.807, 2.05) is 0 Å². The minimum absolute atomic E-state index is 0.120. The lowest BCUT2D eigenvalue weighted by Gasteiger charge is -2.13. The monoisotopic (exact) mass is 355 g/mol. The molecule has 0 fully saturated rings. The molecule has 1 heterocycles. The molecule has 0 radical (unpaired) electrons. The topological polar surface area (TPSA) is 103 Å². The SMILES string of the molecule is CC(Oc1cccc([N+](=O)[O-])c1Br)c1ccc(C(=O)O)o1. The second-order valence-electron chi connectivity index (χ2n) is 4.11. The number of nitrogens with zero attached hydrogens (tertiary/aromatic N) is 1. The van der Waals surface area contributed by atoms with Crippen molar-refractivity contribution in [2.24, 2.45) is 0 Å². The van der Waals surface area contributed by atoms with Gasteiger partial charge in [-0.25, -0.2) is 4.79 Å². The molecule has 0 saturated heterocycles. The second kappa shape index (κ2) is 5.96. The first-order valence-electron chi connectivity index (χ1n) is 5.82. The molecule has 1 unspecified atom stereocenters. The van der Waals surface area contributed by atoms with Crippen LogP contribution in [0.5, 0.6) is 5.75 Å². The minimum atomic E-state index is -1.18. The van der Waals surface area contributed by atoms with Gasteiger partial charge in [0.05, 0.1) is 4.92 Å². The normalized spacial score (nSPS) is 11.9. The van der Waals surface area contributed by atoms with Crippen LogP contribution in [0.1, 0.15) is 29.3 Å². The van der Waals surface area contributed by atoms with Gasteiger partial charge in [0.1, 0.15) is 16.0 Å². The summed E-state index contributed by atoms with van der Waals surface area (Å²) in [6.45, 7) is 1.65. The van der Waals surface area contributed by atoms with E-state index in [2.05, 4.69) is 15.9 Å². The van der Waals surface area contributed by atoms with E-state index in [9.17, 15) is 14.9 Å². The van der Waals surface area contributed by atoms with Crippen molar-refractivity contribution in [3.05, 3.63) is 56.4 Å². The molecule has 0 bridgehead atoms. The Kier molecular flexibility index (Phi) is 4.27. The van der Waals surface area contributed by atoms with Crippen LogP contribution in [0.25, 0.3) is 0 Å². The van der Waals surface area contributed by atoms with Gasteiger partial charge in [0.15, 0.2) is 6.10 Å². The zero-order valence-electron chi connectivity index (χ0n) is 10.8. The number of nitro groups is 1. The highest BCUT2D eigenvalue weighted by Gasteiger charge is 2.20. The molecular weight excluding hydrogens is 346 g/mol. The fraction of sp³-hybridized carbons (Fsp3) is 0.154. The molecule has 110 valence electrons. The molecule has 0 saturated carbocycles. The van der Waals surface area contributed by atoms with Crippen LogP contribution < -0.4 is 4.74 Å². The molecule has 2 rings (SSSR count). The Morgan fingerprint density at radius 3 is 2.71 bits per heavy atom. The van der Waals surface area contributed by atoms with Crippen molar-refractivity contribution < 1.29 is 24.0 Å². The van der Waals surface area contributed by atoms with E-state index in [0.717, 1.165) is 0 Å². The fourth-order valence-electron chi connectivity index (χ4n) is 1.67. The van der Waals surface area contributed by atoms with Gasteiger partial charge in [0, 0.05) is 6.07 Å². The molecule has 1 aromatic heterocycles. The van der Waals surface area contributed by atoms with E-state index in [0.29, 0.717) is 5.76 Å². The number of hydrogen-bond acceptors (Lipinski definition) is 5. The zero-order chi connectivity index (χ0) is 15.6. The van der Waals surface area contributed by atoms with E-state index in [1.54, 1.807) is 13.0 Å². The third kappa shape index (κ3) is 3.22. The first-order chi connectivity index (χ1) is 9.90. The van der Waals surface area contributed by atoms with Crippen molar-refractivity contribution in [3.63, 3.8) is 0 Å². The summed E-state index contributed by atoms with van der Waals surface area (Å²) < 4.78 is 10.9. The van der Waals surface area contributed by atoms with Crippen LogP contribution in [-0.2, 0) is 0 Å². The van der Waals surface area contributed by atoms with E-state index in [-0.39, 0.29) is 21.7 Å². The van der Waals surface area contributed by atoms with Gasteiger partial charge in [-0.3, -0.25) is 10.1 Å². The van der Waals surface area contributed by atoms with Crippen LogP contribution in [-0.4, -0.2) is 16.0 Å². The Morgan fingerprint density at radius 2 is 2.14 bits per heavy atom. The summed E-state index contributed by atoms with van der Waals surface area (Å²) in [5.74, 6) is -0.792. The summed E-state index contributed by atoms with van der Waals surface area (Å²) in [5.41, 5.74) is -0.120. The second-order valence-corrected chi connectivity index (χ2v) is 4.91. The van der Waals surface area contributed by atoms with Gasteiger partial charge >= 0.3 is 5.97 Å². The number of benzene rings is 1. The Balaban J connectivity index is 2.23. The average Bonchev–Trinajstić information content (AvgIpc) is 2.90. The first kappa shape index (κ1) is 15.0. The summed E-state index contributed by atoms with van der Waals surface area (Å²) in [7, 11) is 0. The maximum atomic E-state index is 10.8. The molecule has 0 spiro atoms. The lowest BCUT2D eigenvalue weighted by Crippen LogP contribution is -2.03. The average molecular weight is 356 g/mol. The number of aromatic carboxylic acids is 1. The predicted octanol–water partition coefficient (Wildman–Crippen LogP) is 3.79. The molecular formula is C13H10BrNO6. The van der Waals surface area contributed by atoms with Gasteiger partial charge in [0.2, 0.25) is 5.76 Å². The van der Waals surface area contributed by atoms with E-state index in [4.69, 9.17) is 14.3 Å². The minimum Gasteiger partial charge on any atom is -0.481 e. The molecule has 0 aliphatic heterocycles. The number of carboxylic acids is 1. The smallest absolute Gasteiger partial charge is 0.371 e. The maximum absolute atomic E-state index is 10.8. The highest BCUT2D eigenvalue weighted by atomic mass is 79.9. The third-order valence-electron chi connectivity index (χ3n) is 2.68. The fourth-order valence-corrected chi connectivity index (χ4v) is 2.17. The molecule has 7 nitrogen and oxygen atoms in total. The van der Waals surface area contributed by atoms with Crippen molar-refractivity contribution in [1.29, 1.82) is 0 Å². The molecule has 0 aliphatic rings. The van der Waals surface area contributed by atoms with Gasteiger partial charge in [-0.15, -0.1) is 0 Å². The van der Waals surface area contributed by atoms with Crippen molar-refractivity contribution >= 4 is 27.6 Å². The zero-order valence-corrected chi connectivity index (χ0v) is 12.4. The molecule has 0 aliphatic carbocycles. The van der Waals surface area contributed by atoms with Crippen LogP contribution >= 0.6 is 15.9 Å². The van der Waals surface area contributed by atoms with Crippen molar-refractivity contribution in [1.82, 2.24) is 0 Å². The highest BCUT2D eigenvalue weighted by molar-refractivity contribution is 9.10. The quantitative estimate of drug-likeness (QED) is 0.646. The number of hydrogen-bond donors (Lipinski definition) is 1. The van der Waals surface area contributed by atoms with Crippen LogP contribution in [0.15, 0.2) is 39.2 Å². The predicted molar refractivity (Wildman–Crippen MR) is 75.5 cm³/mol. The lowest BCUT2D eigenvalue weighted by atomic mass is 10.2.